The molecule has 0 aliphatic rings. The zero-order valence-electron chi connectivity index (χ0n) is 33.4. The largest absolute Gasteiger partial charge is 0.480 e. The SMILES string of the molecule is CC(C)C[C@@H](NC(=O)[C@@H](CCc1ccccc1)NC(=O)[C@H](N)Cc1ccccc1)C(=O)N[C@H](CCCN)C(=O)NCCCC[C@@H](NC(=O)[C@H](N)CCCN)C(=O)O. The molecule has 6 atom stereocenters. The monoisotopic (exact) mass is 796 g/mol. The summed E-state index contributed by atoms with van der Waals surface area (Å²) >= 11 is 0. The first-order chi connectivity index (χ1) is 27.2. The van der Waals surface area contributed by atoms with E-state index in [-0.39, 0.29) is 51.1 Å². The van der Waals surface area contributed by atoms with Crippen LogP contribution in [-0.2, 0) is 41.6 Å². The van der Waals surface area contributed by atoms with E-state index in [0.717, 1.165) is 11.1 Å². The van der Waals surface area contributed by atoms with Crippen molar-refractivity contribution in [1.29, 1.82) is 0 Å². The number of hydrogen-bond acceptors (Lipinski definition) is 10. The first-order valence-corrected chi connectivity index (χ1v) is 20.0. The summed E-state index contributed by atoms with van der Waals surface area (Å²) in [7, 11) is 0. The lowest BCUT2D eigenvalue weighted by Gasteiger charge is -2.27. The van der Waals surface area contributed by atoms with E-state index in [2.05, 4.69) is 26.6 Å². The topological polar surface area (TPSA) is 287 Å². The van der Waals surface area contributed by atoms with Crippen LogP contribution < -0.4 is 49.5 Å². The van der Waals surface area contributed by atoms with Gasteiger partial charge in [0.25, 0.3) is 0 Å². The molecule has 316 valence electrons. The van der Waals surface area contributed by atoms with Gasteiger partial charge in [-0.05, 0) is 101 Å². The van der Waals surface area contributed by atoms with E-state index in [1.807, 2.05) is 74.5 Å². The van der Waals surface area contributed by atoms with Crippen LogP contribution in [0.4, 0.5) is 0 Å². The van der Waals surface area contributed by atoms with E-state index < -0.39 is 71.8 Å². The minimum Gasteiger partial charge on any atom is -0.480 e. The maximum Gasteiger partial charge on any atom is 0.326 e. The van der Waals surface area contributed by atoms with E-state index in [9.17, 15) is 33.9 Å². The molecular formula is C41H65N9O7. The van der Waals surface area contributed by atoms with Gasteiger partial charge < -0.3 is 54.6 Å². The molecule has 0 saturated carbocycles. The van der Waals surface area contributed by atoms with Gasteiger partial charge in [0.15, 0.2) is 0 Å². The second kappa shape index (κ2) is 26.9. The molecule has 5 amide bonds. The Morgan fingerprint density at radius 1 is 0.561 bits per heavy atom. The normalized spacial score (nSPS) is 14.3. The van der Waals surface area contributed by atoms with Crippen molar-refractivity contribution in [3.8, 4) is 0 Å². The fourth-order valence-corrected chi connectivity index (χ4v) is 6.12. The number of carbonyl (C=O) groups is 6. The Morgan fingerprint density at radius 2 is 1.05 bits per heavy atom. The van der Waals surface area contributed by atoms with Gasteiger partial charge in [-0.1, -0.05) is 74.5 Å². The summed E-state index contributed by atoms with van der Waals surface area (Å²) in [5, 5.41) is 23.3. The second-order valence-electron chi connectivity index (χ2n) is 14.8. The number of unbranched alkanes of at least 4 members (excludes halogenated alkanes) is 1. The summed E-state index contributed by atoms with van der Waals surface area (Å²) in [4.78, 5) is 78.3. The molecule has 0 aliphatic carbocycles. The third-order valence-corrected chi connectivity index (χ3v) is 9.39. The number of carboxylic acids is 1. The molecule has 2 aromatic rings. The van der Waals surface area contributed by atoms with Crippen LogP contribution in [0.15, 0.2) is 60.7 Å². The van der Waals surface area contributed by atoms with E-state index >= 15 is 0 Å². The molecule has 2 rings (SSSR count). The van der Waals surface area contributed by atoms with Crippen LogP contribution in [0, 0.1) is 5.92 Å². The average molecular weight is 796 g/mol. The quantitative estimate of drug-likeness (QED) is 0.0525. The van der Waals surface area contributed by atoms with Gasteiger partial charge in [0.1, 0.15) is 24.2 Å². The fourth-order valence-electron chi connectivity index (χ4n) is 6.12. The van der Waals surface area contributed by atoms with Crippen LogP contribution in [0.2, 0.25) is 0 Å². The number of amides is 5. The maximum atomic E-state index is 13.9. The van der Waals surface area contributed by atoms with Crippen molar-refractivity contribution in [2.45, 2.75) is 121 Å². The third kappa shape index (κ3) is 19.2. The van der Waals surface area contributed by atoms with Crippen LogP contribution in [0.3, 0.4) is 0 Å². The molecule has 0 heterocycles. The smallest absolute Gasteiger partial charge is 0.326 e. The zero-order valence-corrected chi connectivity index (χ0v) is 33.4. The maximum absolute atomic E-state index is 13.9. The van der Waals surface area contributed by atoms with Crippen molar-refractivity contribution >= 4 is 35.5 Å². The van der Waals surface area contributed by atoms with Crippen LogP contribution in [-0.4, -0.2) is 96.5 Å². The fraction of sp³-hybridized carbons (Fsp3) is 0.561. The molecule has 0 fully saturated rings. The number of carboxylic acid groups (broad SMARTS) is 1. The van der Waals surface area contributed by atoms with E-state index in [1.165, 1.54) is 0 Å². The molecule has 16 nitrogen and oxygen atoms in total. The van der Waals surface area contributed by atoms with Crippen molar-refractivity contribution in [2.75, 3.05) is 19.6 Å². The Morgan fingerprint density at radius 3 is 1.65 bits per heavy atom. The molecule has 0 radical (unpaired) electrons. The van der Waals surface area contributed by atoms with Crippen LogP contribution in [0.25, 0.3) is 0 Å². The van der Waals surface area contributed by atoms with Crippen LogP contribution >= 0.6 is 0 Å². The lowest BCUT2D eigenvalue weighted by atomic mass is 10.00. The highest BCUT2D eigenvalue weighted by Crippen LogP contribution is 2.11. The van der Waals surface area contributed by atoms with Gasteiger partial charge in [-0.2, -0.15) is 0 Å². The molecular weight excluding hydrogens is 731 g/mol. The number of aryl methyl sites for hydroxylation is 1. The van der Waals surface area contributed by atoms with E-state index in [1.54, 1.807) is 0 Å². The minimum absolute atomic E-state index is 0.0184. The Labute approximate surface area is 336 Å². The second-order valence-corrected chi connectivity index (χ2v) is 14.8. The number of hydrogen-bond donors (Lipinski definition) is 10. The number of carbonyl (C=O) groups excluding carboxylic acids is 5. The van der Waals surface area contributed by atoms with Gasteiger partial charge in [0.2, 0.25) is 29.5 Å². The Bertz CT molecular complexity index is 1530. The Balaban J connectivity index is 2.08. The zero-order chi connectivity index (χ0) is 42.2. The lowest BCUT2D eigenvalue weighted by molar-refractivity contribution is -0.142. The van der Waals surface area contributed by atoms with Crippen molar-refractivity contribution < 1.29 is 33.9 Å². The van der Waals surface area contributed by atoms with Crippen LogP contribution in [0.1, 0.15) is 82.8 Å². The molecule has 2 aromatic carbocycles. The van der Waals surface area contributed by atoms with E-state index in [0.29, 0.717) is 45.1 Å². The molecule has 57 heavy (non-hydrogen) atoms. The Hall–Kier alpha value is -4.90. The number of benzene rings is 2. The van der Waals surface area contributed by atoms with Gasteiger partial charge in [0.05, 0.1) is 12.1 Å². The van der Waals surface area contributed by atoms with Gasteiger partial charge >= 0.3 is 5.97 Å². The molecule has 0 aromatic heterocycles. The summed E-state index contributed by atoms with van der Waals surface area (Å²) in [6.07, 6.45) is 3.70. The highest BCUT2D eigenvalue weighted by Gasteiger charge is 2.31. The summed E-state index contributed by atoms with van der Waals surface area (Å²) in [5.74, 6) is -3.85. The first-order valence-electron chi connectivity index (χ1n) is 20.0. The van der Waals surface area contributed by atoms with Crippen molar-refractivity contribution in [3.05, 3.63) is 71.8 Å². The van der Waals surface area contributed by atoms with Crippen molar-refractivity contribution in [2.24, 2.45) is 28.9 Å². The third-order valence-electron chi connectivity index (χ3n) is 9.39. The summed E-state index contributed by atoms with van der Waals surface area (Å²) in [6, 6.07) is 12.9. The first kappa shape index (κ1) is 48.2. The molecule has 14 N–H and O–H groups in total. The molecule has 0 aliphatic heterocycles. The van der Waals surface area contributed by atoms with Gasteiger partial charge in [-0.3, -0.25) is 24.0 Å². The van der Waals surface area contributed by atoms with Crippen LogP contribution in [0.5, 0.6) is 0 Å². The number of nitrogens with two attached hydrogens (primary N) is 4. The predicted octanol–water partition coefficient (Wildman–Crippen LogP) is 0.351. The number of nitrogens with one attached hydrogen (secondary N) is 5. The lowest BCUT2D eigenvalue weighted by Crippen LogP contribution is -2.58. The molecule has 0 unspecified atom stereocenters. The summed E-state index contributed by atoms with van der Waals surface area (Å²) in [6.45, 7) is 4.63. The van der Waals surface area contributed by atoms with Gasteiger partial charge in [-0.25, -0.2) is 4.79 Å². The van der Waals surface area contributed by atoms with Crippen molar-refractivity contribution in [3.63, 3.8) is 0 Å². The minimum atomic E-state index is -1.19. The Kier molecular flexibility index (Phi) is 22.7. The summed E-state index contributed by atoms with van der Waals surface area (Å²) in [5.41, 5.74) is 25.1. The van der Waals surface area contributed by atoms with E-state index in [4.69, 9.17) is 22.9 Å². The predicted molar refractivity (Wildman–Crippen MR) is 219 cm³/mol. The average Bonchev–Trinajstić information content (AvgIpc) is 3.19. The highest BCUT2D eigenvalue weighted by atomic mass is 16.4. The molecule has 0 saturated heterocycles. The number of rotatable bonds is 28. The standard InChI is InChI=1S/C41H65N9O7/c1-27(2)25-35(50-39(54)33(21-20-28-13-5-3-6-14-28)47-37(52)31(45)26-29-15-7-4-8-16-29)40(55)48-32(19-12-23-43)38(53)46-24-10-9-18-34(41(56)57)49-36(51)30(44)17-11-22-42/h3-8,13-16,27,30-35H,9-12,17-26,42-45H2,1-2H3,(H,46,53)(H,47,52)(H,48,55)(H,49,51)(H,50,54)(H,56,57)/t30-,31-,32-,33-,34-,35-/m1/s1. The molecule has 0 bridgehead atoms. The molecule has 16 heteroatoms. The van der Waals surface area contributed by atoms with Gasteiger partial charge in [0, 0.05) is 6.54 Å². The summed E-state index contributed by atoms with van der Waals surface area (Å²) < 4.78 is 0. The highest BCUT2D eigenvalue weighted by molar-refractivity contribution is 5.95. The number of aliphatic carboxylic acids is 1. The van der Waals surface area contributed by atoms with Gasteiger partial charge in [-0.15, -0.1) is 0 Å². The van der Waals surface area contributed by atoms with Crippen molar-refractivity contribution in [1.82, 2.24) is 26.6 Å². The molecule has 0 spiro atoms.